The number of carbonyl (C=O) groups is 1. The molecule has 0 aliphatic carbocycles. The molecule has 3 aromatic rings. The summed E-state index contributed by atoms with van der Waals surface area (Å²) in [4.78, 5) is 15.1. The maximum atomic E-state index is 13.4. The van der Waals surface area contributed by atoms with E-state index in [9.17, 15) is 4.79 Å². The summed E-state index contributed by atoms with van der Waals surface area (Å²) in [6.07, 6.45) is 0. The van der Waals surface area contributed by atoms with E-state index in [-0.39, 0.29) is 5.91 Å². The lowest BCUT2D eigenvalue weighted by molar-refractivity contribution is 0.0998. The lowest BCUT2D eigenvalue weighted by atomic mass is 9.97. The van der Waals surface area contributed by atoms with Gasteiger partial charge in [-0.1, -0.05) is 42.5 Å². The summed E-state index contributed by atoms with van der Waals surface area (Å²) in [6.45, 7) is 6.16. The van der Waals surface area contributed by atoms with Crippen LogP contribution in [-0.4, -0.2) is 5.91 Å². The fraction of sp³-hybridized carbons (Fsp3) is 0.136. The molecule has 0 saturated carbocycles. The van der Waals surface area contributed by atoms with E-state index in [1.165, 1.54) is 11.1 Å². The highest BCUT2D eigenvalue weighted by Gasteiger charge is 2.21. The molecule has 2 heteroatoms. The molecule has 0 radical (unpaired) electrons. The number of aryl methyl sites for hydroxylation is 1. The highest BCUT2D eigenvalue weighted by atomic mass is 16.2. The lowest BCUT2D eigenvalue weighted by Crippen LogP contribution is -2.26. The maximum absolute atomic E-state index is 13.4. The van der Waals surface area contributed by atoms with Gasteiger partial charge in [0.15, 0.2) is 0 Å². The number of amides is 1. The summed E-state index contributed by atoms with van der Waals surface area (Å²) >= 11 is 0. The molecule has 0 atom stereocenters. The second kappa shape index (κ2) is 6.71. The number of rotatable bonds is 3. The molecule has 3 aromatic carbocycles. The number of carbonyl (C=O) groups excluding carboxylic acids is 1. The van der Waals surface area contributed by atoms with Crippen LogP contribution in [0.25, 0.3) is 0 Å². The van der Waals surface area contributed by atoms with Crippen molar-refractivity contribution in [1.29, 1.82) is 0 Å². The smallest absolute Gasteiger partial charge is 0.263 e. The Bertz CT molecular complexity index is 814. The first-order chi connectivity index (χ1) is 11.6. The molecule has 0 bridgehead atoms. The molecular formula is C22H21NO. The summed E-state index contributed by atoms with van der Waals surface area (Å²) in [5.41, 5.74) is 5.89. The zero-order chi connectivity index (χ0) is 17.1. The maximum Gasteiger partial charge on any atom is 0.263 e. The van der Waals surface area contributed by atoms with Gasteiger partial charge in [-0.2, -0.15) is 0 Å². The third kappa shape index (κ3) is 2.95. The molecule has 0 aromatic heterocycles. The summed E-state index contributed by atoms with van der Waals surface area (Å²) in [7, 11) is 0. The van der Waals surface area contributed by atoms with Crippen LogP contribution in [0.1, 0.15) is 27.0 Å². The Balaban J connectivity index is 2.13. The number of para-hydroxylation sites is 2. The van der Waals surface area contributed by atoms with Gasteiger partial charge in [-0.3, -0.25) is 9.69 Å². The third-order valence-corrected chi connectivity index (χ3v) is 4.52. The molecule has 0 heterocycles. The summed E-state index contributed by atoms with van der Waals surface area (Å²) in [6, 6.07) is 23.5. The van der Waals surface area contributed by atoms with Gasteiger partial charge in [0, 0.05) is 16.9 Å². The quantitative estimate of drug-likeness (QED) is 0.617. The minimum Gasteiger partial charge on any atom is -0.277 e. The molecule has 3 rings (SSSR count). The van der Waals surface area contributed by atoms with E-state index in [2.05, 4.69) is 13.8 Å². The lowest BCUT2D eigenvalue weighted by Gasteiger charge is -2.24. The van der Waals surface area contributed by atoms with Gasteiger partial charge < -0.3 is 0 Å². The summed E-state index contributed by atoms with van der Waals surface area (Å²) in [5, 5.41) is 0. The molecular weight excluding hydrogens is 294 g/mol. The van der Waals surface area contributed by atoms with Gasteiger partial charge in [0.25, 0.3) is 5.91 Å². The first kappa shape index (κ1) is 16.0. The van der Waals surface area contributed by atoms with E-state index in [1.807, 2.05) is 79.7 Å². The Kier molecular flexibility index (Phi) is 4.48. The fourth-order valence-corrected chi connectivity index (χ4v) is 2.85. The molecule has 0 saturated heterocycles. The van der Waals surface area contributed by atoms with Crippen molar-refractivity contribution in [3.05, 3.63) is 95.1 Å². The monoisotopic (exact) mass is 315 g/mol. The molecule has 2 nitrogen and oxygen atoms in total. The van der Waals surface area contributed by atoms with Crippen LogP contribution in [0.5, 0.6) is 0 Å². The fourth-order valence-electron chi connectivity index (χ4n) is 2.85. The van der Waals surface area contributed by atoms with Crippen LogP contribution in [0.3, 0.4) is 0 Å². The van der Waals surface area contributed by atoms with Crippen LogP contribution in [0, 0.1) is 20.8 Å². The molecule has 0 aliphatic rings. The zero-order valence-corrected chi connectivity index (χ0v) is 14.3. The van der Waals surface area contributed by atoms with Gasteiger partial charge in [0.05, 0.1) is 0 Å². The number of benzene rings is 3. The van der Waals surface area contributed by atoms with Crippen molar-refractivity contribution < 1.29 is 4.79 Å². The van der Waals surface area contributed by atoms with Crippen LogP contribution >= 0.6 is 0 Å². The van der Waals surface area contributed by atoms with Crippen molar-refractivity contribution in [2.24, 2.45) is 0 Å². The van der Waals surface area contributed by atoms with Gasteiger partial charge in [0.2, 0.25) is 0 Å². The number of anilines is 2. The van der Waals surface area contributed by atoms with Crippen LogP contribution < -0.4 is 4.90 Å². The Morgan fingerprint density at radius 1 is 0.667 bits per heavy atom. The first-order valence-electron chi connectivity index (χ1n) is 8.11. The predicted octanol–water partition coefficient (Wildman–Crippen LogP) is 5.59. The average molecular weight is 315 g/mol. The van der Waals surface area contributed by atoms with Crippen molar-refractivity contribution in [3.8, 4) is 0 Å². The van der Waals surface area contributed by atoms with Crippen LogP contribution in [0.4, 0.5) is 11.4 Å². The second-order valence-corrected chi connectivity index (χ2v) is 5.99. The molecule has 24 heavy (non-hydrogen) atoms. The van der Waals surface area contributed by atoms with Crippen molar-refractivity contribution in [1.82, 2.24) is 0 Å². The van der Waals surface area contributed by atoms with Crippen molar-refractivity contribution in [2.45, 2.75) is 20.8 Å². The predicted molar refractivity (Wildman–Crippen MR) is 100 cm³/mol. The Morgan fingerprint density at radius 2 is 1.17 bits per heavy atom. The van der Waals surface area contributed by atoms with E-state index < -0.39 is 0 Å². The third-order valence-electron chi connectivity index (χ3n) is 4.52. The first-order valence-corrected chi connectivity index (χ1v) is 8.11. The van der Waals surface area contributed by atoms with Crippen LogP contribution in [0.15, 0.2) is 72.8 Å². The molecule has 0 fully saturated rings. The molecule has 0 N–H and O–H groups in total. The number of nitrogens with zero attached hydrogens (tertiary/aromatic N) is 1. The summed E-state index contributed by atoms with van der Waals surface area (Å²) < 4.78 is 0. The minimum absolute atomic E-state index is 0.00648. The summed E-state index contributed by atoms with van der Waals surface area (Å²) in [5.74, 6) is -0.00648. The van der Waals surface area contributed by atoms with E-state index >= 15 is 0 Å². The molecule has 120 valence electrons. The van der Waals surface area contributed by atoms with E-state index in [4.69, 9.17) is 0 Å². The second-order valence-electron chi connectivity index (χ2n) is 5.99. The van der Waals surface area contributed by atoms with Gasteiger partial charge in [-0.25, -0.2) is 0 Å². The van der Waals surface area contributed by atoms with Gasteiger partial charge in [-0.15, -0.1) is 0 Å². The molecule has 0 unspecified atom stereocenters. The van der Waals surface area contributed by atoms with Crippen molar-refractivity contribution in [2.75, 3.05) is 4.90 Å². The number of hydrogen-bond acceptors (Lipinski definition) is 1. The van der Waals surface area contributed by atoms with Crippen LogP contribution in [0.2, 0.25) is 0 Å². The van der Waals surface area contributed by atoms with E-state index in [0.29, 0.717) is 0 Å². The van der Waals surface area contributed by atoms with Gasteiger partial charge >= 0.3 is 0 Å². The van der Waals surface area contributed by atoms with Gasteiger partial charge in [0.1, 0.15) is 0 Å². The van der Waals surface area contributed by atoms with E-state index in [1.54, 1.807) is 4.90 Å². The normalized spacial score (nSPS) is 10.5. The number of hydrogen-bond donors (Lipinski definition) is 0. The Morgan fingerprint density at radius 3 is 1.67 bits per heavy atom. The van der Waals surface area contributed by atoms with Crippen LogP contribution in [-0.2, 0) is 0 Å². The molecule has 1 amide bonds. The highest BCUT2D eigenvalue weighted by molar-refractivity contribution is 6.11. The highest BCUT2D eigenvalue weighted by Crippen LogP contribution is 2.29. The zero-order valence-electron chi connectivity index (χ0n) is 14.3. The Hall–Kier alpha value is -2.87. The molecule has 0 aliphatic heterocycles. The minimum atomic E-state index is -0.00648. The molecule has 0 spiro atoms. The topological polar surface area (TPSA) is 20.3 Å². The van der Waals surface area contributed by atoms with Gasteiger partial charge in [-0.05, 0) is 67.8 Å². The van der Waals surface area contributed by atoms with Crippen molar-refractivity contribution >= 4 is 17.3 Å². The SMILES string of the molecule is Cc1ccc(C(=O)N(c2ccccc2)c2ccccc2)c(C)c1C. The standard InChI is InChI=1S/C22H21NO/c1-16-14-15-21(18(3)17(16)2)22(24)23(19-10-6-4-7-11-19)20-12-8-5-9-13-20/h4-15H,1-3H3. The largest absolute Gasteiger partial charge is 0.277 e. The van der Waals surface area contributed by atoms with E-state index in [0.717, 1.165) is 22.5 Å². The van der Waals surface area contributed by atoms with Crippen molar-refractivity contribution in [3.63, 3.8) is 0 Å². The Labute approximate surface area is 143 Å². The average Bonchev–Trinajstić information content (AvgIpc) is 2.62.